The third-order valence-corrected chi connectivity index (χ3v) is 8.14. The third kappa shape index (κ3) is 5.23. The first-order chi connectivity index (χ1) is 20.1. The molecule has 0 saturated carbocycles. The Kier molecular flexibility index (Phi) is 6.77. The van der Waals surface area contributed by atoms with E-state index in [1.54, 1.807) is 18.6 Å². The number of pyridine rings is 3. The van der Waals surface area contributed by atoms with Crippen molar-refractivity contribution < 1.29 is 4.79 Å². The van der Waals surface area contributed by atoms with Crippen LogP contribution >= 0.6 is 0 Å². The molecule has 2 fully saturated rings. The maximum absolute atomic E-state index is 12.7. The van der Waals surface area contributed by atoms with Crippen LogP contribution in [0.3, 0.4) is 0 Å². The molecular weight excluding hydrogens is 518 g/mol. The zero-order valence-corrected chi connectivity index (χ0v) is 23.0. The Morgan fingerprint density at radius 1 is 1.00 bits per heavy atom. The average Bonchev–Trinajstić information content (AvgIpc) is 3.62. The van der Waals surface area contributed by atoms with Gasteiger partial charge in [0.15, 0.2) is 5.82 Å². The van der Waals surface area contributed by atoms with Gasteiger partial charge in [-0.1, -0.05) is 0 Å². The van der Waals surface area contributed by atoms with Crippen LogP contribution in [0.1, 0.15) is 19.3 Å². The molecule has 2 saturated heterocycles. The van der Waals surface area contributed by atoms with Crippen LogP contribution in [0.25, 0.3) is 44.7 Å². The molecule has 2 aliphatic heterocycles. The normalized spacial score (nSPS) is 17.0. The SMILES string of the molecule is CN1CCN(c2cncc3[nH]c(-c4n[nH]c5cnc(-c6cncc(NC(=O)CC7CCNCC7)c6)cc45)nc23)CC1. The number of aromatic nitrogens is 7. The summed E-state index contributed by atoms with van der Waals surface area (Å²) >= 11 is 0. The van der Waals surface area contributed by atoms with Crippen LogP contribution in [-0.2, 0) is 4.79 Å². The molecule has 0 aromatic carbocycles. The molecule has 12 heteroatoms. The number of fused-ring (bicyclic) bond motifs is 2. The van der Waals surface area contributed by atoms with Gasteiger partial charge in [0.2, 0.25) is 5.91 Å². The highest BCUT2D eigenvalue weighted by Gasteiger charge is 2.21. The number of piperidine rings is 1. The van der Waals surface area contributed by atoms with E-state index in [0.29, 0.717) is 29.5 Å². The predicted octanol–water partition coefficient (Wildman–Crippen LogP) is 3.04. The molecule has 5 aromatic rings. The predicted molar refractivity (Wildman–Crippen MR) is 159 cm³/mol. The van der Waals surface area contributed by atoms with Gasteiger partial charge in [-0.3, -0.25) is 24.8 Å². The zero-order valence-electron chi connectivity index (χ0n) is 23.0. The van der Waals surface area contributed by atoms with E-state index in [-0.39, 0.29) is 5.91 Å². The van der Waals surface area contributed by atoms with Gasteiger partial charge in [0.25, 0.3) is 0 Å². The number of aromatic amines is 2. The number of carbonyl (C=O) groups excluding carboxylic acids is 1. The molecule has 7 rings (SSSR count). The van der Waals surface area contributed by atoms with Gasteiger partial charge in [-0.15, -0.1) is 0 Å². The first-order valence-corrected chi connectivity index (χ1v) is 14.2. The van der Waals surface area contributed by atoms with Gasteiger partial charge in [0, 0.05) is 49.7 Å². The van der Waals surface area contributed by atoms with Crippen molar-refractivity contribution in [2.75, 3.05) is 56.5 Å². The van der Waals surface area contributed by atoms with E-state index in [1.807, 2.05) is 24.5 Å². The molecule has 7 heterocycles. The van der Waals surface area contributed by atoms with E-state index in [1.165, 1.54) is 0 Å². The summed E-state index contributed by atoms with van der Waals surface area (Å²) in [4.78, 5) is 39.2. The number of hydrogen-bond acceptors (Lipinski definition) is 9. The Morgan fingerprint density at radius 2 is 1.83 bits per heavy atom. The lowest BCUT2D eigenvalue weighted by molar-refractivity contribution is -0.117. The Hall–Kier alpha value is -4.42. The number of carbonyl (C=O) groups is 1. The summed E-state index contributed by atoms with van der Waals surface area (Å²) in [6, 6.07) is 3.90. The van der Waals surface area contributed by atoms with E-state index in [4.69, 9.17) is 4.98 Å². The van der Waals surface area contributed by atoms with Crippen LogP contribution in [0.2, 0.25) is 0 Å². The summed E-state index contributed by atoms with van der Waals surface area (Å²) in [6.07, 6.45) is 11.5. The lowest BCUT2D eigenvalue weighted by Crippen LogP contribution is -2.44. The Balaban J connectivity index is 1.16. The minimum Gasteiger partial charge on any atom is -0.366 e. The van der Waals surface area contributed by atoms with Gasteiger partial charge in [0.1, 0.15) is 11.2 Å². The van der Waals surface area contributed by atoms with Crippen molar-refractivity contribution in [2.45, 2.75) is 19.3 Å². The largest absolute Gasteiger partial charge is 0.366 e. The minimum atomic E-state index is 0.0201. The van der Waals surface area contributed by atoms with E-state index in [0.717, 1.165) is 91.0 Å². The quantitative estimate of drug-likeness (QED) is 0.250. The summed E-state index contributed by atoms with van der Waals surface area (Å²) in [6.45, 7) is 5.83. The van der Waals surface area contributed by atoms with Crippen molar-refractivity contribution >= 4 is 39.2 Å². The highest BCUT2D eigenvalue weighted by atomic mass is 16.1. The van der Waals surface area contributed by atoms with E-state index < -0.39 is 0 Å². The summed E-state index contributed by atoms with van der Waals surface area (Å²) in [5, 5.41) is 14.9. The van der Waals surface area contributed by atoms with Crippen molar-refractivity contribution in [1.29, 1.82) is 0 Å². The first-order valence-electron chi connectivity index (χ1n) is 14.2. The Morgan fingerprint density at radius 3 is 2.68 bits per heavy atom. The number of rotatable bonds is 6. The second kappa shape index (κ2) is 10.9. The van der Waals surface area contributed by atoms with Crippen molar-refractivity contribution in [3.63, 3.8) is 0 Å². The van der Waals surface area contributed by atoms with Crippen molar-refractivity contribution in [2.24, 2.45) is 5.92 Å². The average molecular weight is 552 g/mol. The van der Waals surface area contributed by atoms with E-state index in [9.17, 15) is 4.79 Å². The fourth-order valence-corrected chi connectivity index (χ4v) is 5.77. The Bertz CT molecular complexity index is 1700. The zero-order chi connectivity index (χ0) is 27.8. The number of piperazine rings is 1. The van der Waals surface area contributed by atoms with Gasteiger partial charge in [0.05, 0.1) is 52.9 Å². The van der Waals surface area contributed by atoms with Gasteiger partial charge in [-0.2, -0.15) is 5.10 Å². The summed E-state index contributed by atoms with van der Waals surface area (Å²) in [7, 11) is 2.15. The molecule has 0 unspecified atom stereocenters. The van der Waals surface area contributed by atoms with Crippen LogP contribution < -0.4 is 15.5 Å². The molecule has 0 radical (unpaired) electrons. The van der Waals surface area contributed by atoms with E-state index >= 15 is 0 Å². The van der Waals surface area contributed by atoms with Crippen LogP contribution in [0.5, 0.6) is 0 Å². The number of likely N-dealkylation sites (N-methyl/N-ethyl adjacent to an activating group) is 1. The lowest BCUT2D eigenvalue weighted by Gasteiger charge is -2.33. The monoisotopic (exact) mass is 551 g/mol. The van der Waals surface area contributed by atoms with Crippen LogP contribution in [0.4, 0.5) is 11.4 Å². The van der Waals surface area contributed by atoms with Gasteiger partial charge >= 0.3 is 0 Å². The molecule has 12 nitrogen and oxygen atoms in total. The number of hydrogen-bond donors (Lipinski definition) is 4. The van der Waals surface area contributed by atoms with Crippen molar-refractivity contribution in [3.05, 3.63) is 43.1 Å². The highest BCUT2D eigenvalue weighted by molar-refractivity contribution is 5.97. The molecule has 0 bridgehead atoms. The molecule has 0 aliphatic carbocycles. The van der Waals surface area contributed by atoms with Gasteiger partial charge in [-0.25, -0.2) is 4.98 Å². The van der Waals surface area contributed by atoms with Crippen LogP contribution in [0, 0.1) is 5.92 Å². The molecule has 2 aliphatic rings. The maximum Gasteiger partial charge on any atom is 0.224 e. The van der Waals surface area contributed by atoms with Crippen molar-refractivity contribution in [1.82, 2.24) is 45.3 Å². The number of amides is 1. The van der Waals surface area contributed by atoms with Gasteiger partial charge < -0.3 is 25.4 Å². The number of nitrogens with zero attached hydrogens (tertiary/aromatic N) is 7. The van der Waals surface area contributed by atoms with E-state index in [2.05, 4.69) is 57.6 Å². The number of anilines is 2. The Labute approximate surface area is 237 Å². The van der Waals surface area contributed by atoms with Gasteiger partial charge in [-0.05, 0) is 51.0 Å². The molecule has 0 spiro atoms. The first kappa shape index (κ1) is 25.5. The van der Waals surface area contributed by atoms with Crippen LogP contribution in [0.15, 0.2) is 43.1 Å². The summed E-state index contributed by atoms with van der Waals surface area (Å²) < 4.78 is 0. The summed E-state index contributed by atoms with van der Waals surface area (Å²) in [5.74, 6) is 1.11. The smallest absolute Gasteiger partial charge is 0.224 e. The molecule has 210 valence electrons. The molecule has 4 N–H and O–H groups in total. The highest BCUT2D eigenvalue weighted by Crippen LogP contribution is 2.32. The summed E-state index contributed by atoms with van der Waals surface area (Å²) in [5.41, 5.74) is 6.52. The number of imidazole rings is 1. The topological polar surface area (TPSA) is 144 Å². The fourth-order valence-electron chi connectivity index (χ4n) is 5.77. The van der Waals surface area contributed by atoms with Crippen LogP contribution in [-0.4, -0.2) is 92.2 Å². The number of nitrogens with one attached hydrogen (secondary N) is 4. The molecule has 0 atom stereocenters. The molecule has 5 aromatic heterocycles. The third-order valence-electron chi connectivity index (χ3n) is 8.14. The second-order valence-corrected chi connectivity index (χ2v) is 11.0. The molecule has 1 amide bonds. The molecular formula is C29H33N11O. The minimum absolute atomic E-state index is 0.0201. The van der Waals surface area contributed by atoms with Crippen molar-refractivity contribution in [3.8, 4) is 22.8 Å². The maximum atomic E-state index is 12.7. The fraction of sp³-hybridized carbons (Fsp3) is 0.379. The number of H-pyrrole nitrogens is 2. The lowest BCUT2D eigenvalue weighted by atomic mass is 9.94. The second-order valence-electron chi connectivity index (χ2n) is 11.0. The molecule has 41 heavy (non-hydrogen) atoms. The standard InChI is InChI=1S/C29H33N11O/c1-39-6-8-40(9-7-39)25-17-32-15-24-28(25)36-29(35-24)27-21-12-22(33-16-23(21)37-38-27)19-11-20(14-31-13-19)34-26(41)10-18-2-4-30-5-3-18/h11-18,30H,2-10H2,1H3,(H,34,41)(H,35,36)(H,37,38).